The van der Waals surface area contributed by atoms with Crippen molar-refractivity contribution in [1.82, 2.24) is 9.80 Å². The Labute approximate surface area is 230 Å². The van der Waals surface area contributed by atoms with E-state index in [2.05, 4.69) is 39.5 Å². The molecule has 2 aliphatic carbocycles. The van der Waals surface area contributed by atoms with Gasteiger partial charge in [0.15, 0.2) is 0 Å². The number of amides is 1. The maximum atomic E-state index is 13.4. The van der Waals surface area contributed by atoms with E-state index in [1.54, 1.807) is 17.4 Å². The Morgan fingerprint density at radius 3 is 2.95 bits per heavy atom. The van der Waals surface area contributed by atoms with Crippen molar-refractivity contribution >= 4 is 45.2 Å². The second-order valence-electron chi connectivity index (χ2n) is 10.6. The molecule has 1 aromatic heterocycles. The molecule has 6 rings (SSSR count). The smallest absolute Gasteiger partial charge is 0.303 e. The molecule has 0 N–H and O–H groups in total. The zero-order valence-electron chi connectivity index (χ0n) is 21.1. The summed E-state index contributed by atoms with van der Waals surface area (Å²) in [6.07, 6.45) is 8.15. The minimum absolute atomic E-state index is 0.0363. The molecule has 194 valence electrons. The Morgan fingerprint density at radius 2 is 2.22 bits per heavy atom. The standard InChI is InChI=1S/C29H31BrN2O4S/c1-4-13-32-14-12-28-26-19-6-5-7-23(26)35-27(28)22(10-11-29(28,24(32)15-19)36-18(2)33)31(3)25(34)9-8-21-16-20(30)17-37-21/h4-9,16-17,22,24,27H,1,10-15H2,2-3H3/b9-8+/t22-,24+,27-,28-,29+/m0/s1. The van der Waals surface area contributed by atoms with Crippen LogP contribution in [-0.4, -0.2) is 65.6 Å². The van der Waals surface area contributed by atoms with Crippen molar-refractivity contribution < 1.29 is 19.1 Å². The number of thiophene rings is 1. The number of hydrogen-bond acceptors (Lipinski definition) is 6. The second-order valence-corrected chi connectivity index (χ2v) is 12.5. The highest BCUT2D eigenvalue weighted by Crippen LogP contribution is 2.65. The number of halogens is 1. The molecular formula is C29H31BrN2O4S. The van der Waals surface area contributed by atoms with Gasteiger partial charge < -0.3 is 14.4 Å². The topological polar surface area (TPSA) is 59.1 Å². The highest BCUT2D eigenvalue weighted by atomic mass is 79.9. The van der Waals surface area contributed by atoms with Crippen LogP contribution in [0.5, 0.6) is 5.75 Å². The number of likely N-dealkylation sites (N-methyl/N-ethyl adjacent to an activating group) is 1. The predicted molar refractivity (Wildman–Crippen MR) is 148 cm³/mol. The third-order valence-corrected chi connectivity index (χ3v) is 10.6. The number of likely N-dealkylation sites (tertiary alicyclic amines) is 1. The van der Waals surface area contributed by atoms with Gasteiger partial charge in [-0.3, -0.25) is 14.5 Å². The van der Waals surface area contributed by atoms with E-state index in [9.17, 15) is 9.59 Å². The summed E-state index contributed by atoms with van der Waals surface area (Å²) in [5.74, 6) is 0.563. The zero-order chi connectivity index (χ0) is 25.9. The van der Waals surface area contributed by atoms with Gasteiger partial charge in [0.05, 0.1) is 17.5 Å². The van der Waals surface area contributed by atoms with Crippen LogP contribution in [0.4, 0.5) is 0 Å². The van der Waals surface area contributed by atoms with E-state index >= 15 is 0 Å². The van der Waals surface area contributed by atoms with Crippen LogP contribution in [0.15, 0.2) is 52.8 Å². The lowest BCUT2D eigenvalue weighted by Gasteiger charge is -2.65. The summed E-state index contributed by atoms with van der Waals surface area (Å²) in [6.45, 7) is 7.11. The minimum atomic E-state index is -0.705. The van der Waals surface area contributed by atoms with Gasteiger partial charge in [0.25, 0.3) is 0 Å². The van der Waals surface area contributed by atoms with Crippen LogP contribution in [-0.2, 0) is 26.2 Å². The van der Waals surface area contributed by atoms with Crippen LogP contribution in [0.1, 0.15) is 42.2 Å². The van der Waals surface area contributed by atoms with Crippen molar-refractivity contribution in [2.45, 2.75) is 61.8 Å². The number of nitrogens with zero attached hydrogens (tertiary/aromatic N) is 2. The van der Waals surface area contributed by atoms with Gasteiger partial charge >= 0.3 is 5.97 Å². The van der Waals surface area contributed by atoms with Crippen LogP contribution in [0, 0.1) is 0 Å². The Kier molecular flexibility index (Phi) is 6.12. The summed E-state index contributed by atoms with van der Waals surface area (Å²) in [4.78, 5) is 31.3. The maximum absolute atomic E-state index is 13.4. The van der Waals surface area contributed by atoms with Gasteiger partial charge in [-0.2, -0.15) is 0 Å². The van der Waals surface area contributed by atoms with E-state index in [-0.39, 0.29) is 30.1 Å². The summed E-state index contributed by atoms with van der Waals surface area (Å²) in [7, 11) is 1.87. The van der Waals surface area contributed by atoms with Gasteiger partial charge in [-0.1, -0.05) is 18.2 Å². The van der Waals surface area contributed by atoms with E-state index in [0.29, 0.717) is 12.8 Å². The number of ether oxygens (including phenoxy) is 2. The van der Waals surface area contributed by atoms with Gasteiger partial charge in [0, 0.05) is 53.4 Å². The van der Waals surface area contributed by atoms with E-state index < -0.39 is 11.0 Å². The van der Waals surface area contributed by atoms with E-state index in [1.807, 2.05) is 41.6 Å². The number of carbonyl (C=O) groups excluding carboxylic acids is 2. The second kappa shape index (κ2) is 9.10. The number of benzene rings is 1. The summed E-state index contributed by atoms with van der Waals surface area (Å²) >= 11 is 5.06. The molecule has 1 amide bonds. The van der Waals surface area contributed by atoms with Gasteiger partial charge in [-0.15, -0.1) is 17.9 Å². The van der Waals surface area contributed by atoms with E-state index in [1.165, 1.54) is 18.1 Å². The largest absolute Gasteiger partial charge is 0.487 e. The molecule has 1 saturated heterocycles. The first-order valence-corrected chi connectivity index (χ1v) is 14.5. The molecule has 3 heterocycles. The number of piperidine rings is 1. The number of hydrogen-bond donors (Lipinski definition) is 0. The van der Waals surface area contributed by atoms with Crippen LogP contribution in [0.25, 0.3) is 6.08 Å². The lowest BCUT2D eigenvalue weighted by molar-refractivity contribution is -0.222. The third-order valence-electron chi connectivity index (χ3n) is 8.91. The SMILES string of the molecule is C=CCN1CC[C@]23c4c5cccc4O[C@H]2[C@@H](N(C)C(=O)/C=C/c2cc(Br)cs2)CC[C@@]3(OC(C)=O)[C@H]1C5. The average Bonchev–Trinajstić information content (AvgIpc) is 3.44. The van der Waals surface area contributed by atoms with Crippen molar-refractivity contribution in [2.75, 3.05) is 20.1 Å². The van der Waals surface area contributed by atoms with Gasteiger partial charge in [-0.25, -0.2) is 0 Å². The Hall–Kier alpha value is -2.42. The van der Waals surface area contributed by atoms with Crippen molar-refractivity contribution in [2.24, 2.45) is 0 Å². The van der Waals surface area contributed by atoms with E-state index in [4.69, 9.17) is 9.47 Å². The average molecular weight is 584 g/mol. The third kappa shape index (κ3) is 3.59. The lowest BCUT2D eigenvalue weighted by Crippen LogP contribution is -2.79. The summed E-state index contributed by atoms with van der Waals surface area (Å²) in [5.41, 5.74) is 1.26. The molecule has 0 radical (unpaired) electrons. The summed E-state index contributed by atoms with van der Waals surface area (Å²) < 4.78 is 14.2. The molecule has 8 heteroatoms. The summed E-state index contributed by atoms with van der Waals surface area (Å²) in [5, 5.41) is 2.00. The van der Waals surface area contributed by atoms with Gasteiger partial charge in [-0.05, 0) is 65.4 Å². The first-order chi connectivity index (χ1) is 17.8. The Balaban J connectivity index is 1.42. The van der Waals surface area contributed by atoms with Gasteiger partial charge in [0.2, 0.25) is 5.91 Å². The molecule has 5 atom stereocenters. The molecule has 1 aromatic carbocycles. The maximum Gasteiger partial charge on any atom is 0.303 e. The van der Waals surface area contributed by atoms with E-state index in [0.717, 1.165) is 41.0 Å². The Morgan fingerprint density at radius 1 is 1.38 bits per heavy atom. The fraction of sp³-hybridized carbons (Fsp3) is 0.448. The van der Waals surface area contributed by atoms with Gasteiger partial charge in [0.1, 0.15) is 17.5 Å². The fourth-order valence-electron chi connectivity index (χ4n) is 7.64. The molecular weight excluding hydrogens is 552 g/mol. The lowest BCUT2D eigenvalue weighted by atomic mass is 9.48. The van der Waals surface area contributed by atoms with Crippen LogP contribution in [0.3, 0.4) is 0 Å². The molecule has 37 heavy (non-hydrogen) atoms. The fourth-order valence-corrected chi connectivity index (χ4v) is 8.98. The normalized spacial score (nSPS) is 31.5. The molecule has 2 fully saturated rings. The zero-order valence-corrected chi connectivity index (χ0v) is 23.5. The number of carbonyl (C=O) groups is 2. The monoisotopic (exact) mass is 582 g/mol. The Bertz CT molecular complexity index is 1310. The molecule has 2 aromatic rings. The first kappa shape index (κ1) is 24.9. The van der Waals surface area contributed by atoms with Crippen LogP contribution >= 0.6 is 27.3 Å². The highest BCUT2D eigenvalue weighted by molar-refractivity contribution is 9.10. The van der Waals surface area contributed by atoms with Crippen molar-refractivity contribution in [3.8, 4) is 5.75 Å². The van der Waals surface area contributed by atoms with Crippen LogP contribution in [0.2, 0.25) is 0 Å². The predicted octanol–water partition coefficient (Wildman–Crippen LogP) is 4.96. The van der Waals surface area contributed by atoms with Crippen LogP contribution < -0.4 is 4.74 Å². The molecule has 0 unspecified atom stereocenters. The number of esters is 1. The molecule has 2 bridgehead atoms. The highest BCUT2D eigenvalue weighted by Gasteiger charge is 2.75. The van der Waals surface area contributed by atoms with Crippen molar-refractivity contribution in [1.29, 1.82) is 0 Å². The van der Waals surface area contributed by atoms with Crippen molar-refractivity contribution in [3.63, 3.8) is 0 Å². The molecule has 1 saturated carbocycles. The molecule has 1 spiro atoms. The molecule has 4 aliphatic rings. The summed E-state index contributed by atoms with van der Waals surface area (Å²) in [6, 6.07) is 8.18. The molecule has 2 aliphatic heterocycles. The minimum Gasteiger partial charge on any atom is -0.487 e. The van der Waals surface area contributed by atoms with Crippen molar-refractivity contribution in [3.05, 3.63) is 68.9 Å². The quantitative estimate of drug-likeness (QED) is 0.274. The molecule has 6 nitrogen and oxygen atoms in total. The first-order valence-electron chi connectivity index (χ1n) is 12.8. The number of rotatable bonds is 6.